The third-order valence-corrected chi connectivity index (χ3v) is 5.92. The number of aromatic nitrogens is 2. The summed E-state index contributed by atoms with van der Waals surface area (Å²) in [6.07, 6.45) is 4.35. The van der Waals surface area contributed by atoms with Gasteiger partial charge >= 0.3 is 11.7 Å². The van der Waals surface area contributed by atoms with Gasteiger partial charge < -0.3 is 10.2 Å². The SMILES string of the molecule is CC(C)n1c(=O)n(C(=O)NC2CC3CCC(C2)N3C)c2ccccc21.Cl. The van der Waals surface area contributed by atoms with Crippen molar-refractivity contribution in [2.24, 2.45) is 0 Å². The lowest BCUT2D eigenvalue weighted by Crippen LogP contribution is -2.50. The van der Waals surface area contributed by atoms with Gasteiger partial charge in [-0.3, -0.25) is 4.57 Å². The number of nitrogens with one attached hydrogen (secondary N) is 1. The minimum absolute atomic E-state index is 0. The fourth-order valence-electron chi connectivity index (χ4n) is 4.63. The van der Waals surface area contributed by atoms with Crippen molar-refractivity contribution in [3.63, 3.8) is 0 Å². The lowest BCUT2D eigenvalue weighted by molar-refractivity contribution is 0.149. The zero-order valence-electron chi connectivity index (χ0n) is 15.5. The van der Waals surface area contributed by atoms with Crippen LogP contribution in [0.2, 0.25) is 0 Å². The summed E-state index contributed by atoms with van der Waals surface area (Å²) in [5.74, 6) is 0. The molecule has 1 amide bonds. The number of hydrogen-bond acceptors (Lipinski definition) is 3. The second kappa shape index (κ2) is 7.08. The number of nitrogens with zero attached hydrogens (tertiary/aromatic N) is 3. The molecule has 26 heavy (non-hydrogen) atoms. The highest BCUT2D eigenvalue weighted by atomic mass is 35.5. The van der Waals surface area contributed by atoms with E-state index in [2.05, 4.69) is 17.3 Å². The van der Waals surface area contributed by atoms with E-state index in [1.54, 1.807) is 4.57 Å². The number of benzene rings is 1. The minimum atomic E-state index is -0.297. The second-order valence-electron chi connectivity index (χ2n) is 7.74. The fourth-order valence-corrected chi connectivity index (χ4v) is 4.63. The quantitative estimate of drug-likeness (QED) is 0.873. The number of fused-ring (bicyclic) bond motifs is 3. The molecule has 0 spiro atoms. The Morgan fingerprint density at radius 2 is 1.69 bits per heavy atom. The predicted molar refractivity (Wildman–Crippen MR) is 105 cm³/mol. The van der Waals surface area contributed by atoms with E-state index in [0.29, 0.717) is 17.6 Å². The van der Waals surface area contributed by atoms with Gasteiger partial charge in [-0.1, -0.05) is 12.1 Å². The molecule has 7 heteroatoms. The van der Waals surface area contributed by atoms with Crippen molar-refractivity contribution in [1.29, 1.82) is 0 Å². The molecule has 2 unspecified atom stereocenters. The molecule has 0 radical (unpaired) electrons. The number of rotatable bonds is 2. The Bertz CT molecular complexity index is 858. The smallest absolute Gasteiger partial charge is 0.334 e. The van der Waals surface area contributed by atoms with Gasteiger partial charge in [-0.25, -0.2) is 14.2 Å². The number of amides is 1. The van der Waals surface area contributed by atoms with Gasteiger partial charge in [0.05, 0.1) is 11.0 Å². The van der Waals surface area contributed by atoms with Gasteiger partial charge in [-0.05, 0) is 58.7 Å². The number of para-hydroxylation sites is 2. The molecular weight excluding hydrogens is 352 g/mol. The van der Waals surface area contributed by atoms with Crippen molar-refractivity contribution in [2.75, 3.05) is 7.05 Å². The molecule has 2 atom stereocenters. The number of carbonyl (C=O) groups is 1. The van der Waals surface area contributed by atoms with E-state index in [1.165, 1.54) is 17.4 Å². The van der Waals surface area contributed by atoms with Crippen LogP contribution in [0.5, 0.6) is 0 Å². The first-order valence-electron chi connectivity index (χ1n) is 9.22. The first-order chi connectivity index (χ1) is 12.0. The normalized spacial score (nSPS) is 25.5. The predicted octanol–water partition coefficient (Wildman–Crippen LogP) is 2.99. The van der Waals surface area contributed by atoms with E-state index < -0.39 is 0 Å². The summed E-state index contributed by atoms with van der Waals surface area (Å²) >= 11 is 0. The van der Waals surface area contributed by atoms with Gasteiger partial charge in [-0.15, -0.1) is 12.4 Å². The Kier molecular flexibility index (Phi) is 5.17. The van der Waals surface area contributed by atoms with Crippen LogP contribution in [0.1, 0.15) is 45.6 Å². The van der Waals surface area contributed by atoms with Gasteiger partial charge in [0.15, 0.2) is 0 Å². The maximum Gasteiger partial charge on any atom is 0.337 e. The number of piperidine rings is 1. The van der Waals surface area contributed by atoms with Gasteiger partial charge in [-0.2, -0.15) is 0 Å². The van der Waals surface area contributed by atoms with Crippen molar-refractivity contribution < 1.29 is 4.79 Å². The summed E-state index contributed by atoms with van der Waals surface area (Å²) in [5.41, 5.74) is 1.22. The topological polar surface area (TPSA) is 59.3 Å². The monoisotopic (exact) mass is 378 g/mol. The molecule has 2 bridgehead atoms. The Morgan fingerprint density at radius 1 is 1.12 bits per heavy atom. The third-order valence-electron chi connectivity index (χ3n) is 5.92. The van der Waals surface area contributed by atoms with E-state index in [-0.39, 0.29) is 36.2 Å². The molecule has 1 aromatic carbocycles. The molecule has 2 aliphatic rings. The minimum Gasteiger partial charge on any atom is -0.334 e. The molecule has 2 saturated heterocycles. The zero-order chi connectivity index (χ0) is 17.7. The third kappa shape index (κ3) is 2.95. The number of carbonyl (C=O) groups excluding carboxylic acids is 1. The first-order valence-corrected chi connectivity index (χ1v) is 9.22. The lowest BCUT2D eigenvalue weighted by Gasteiger charge is -2.36. The lowest BCUT2D eigenvalue weighted by atomic mass is 9.98. The fraction of sp³-hybridized carbons (Fsp3) is 0.579. The van der Waals surface area contributed by atoms with Crippen LogP contribution in [-0.4, -0.2) is 45.2 Å². The molecule has 0 aliphatic carbocycles. The molecule has 2 fully saturated rings. The standard InChI is InChI=1S/C19H26N4O2.ClH/c1-12(2)22-16-6-4-5-7-17(16)23(19(22)25)18(24)20-13-10-14-8-9-15(11-13)21(14)3;/h4-7,12-15H,8-11H2,1-3H3,(H,20,24);1H. The molecule has 6 nitrogen and oxygen atoms in total. The van der Waals surface area contributed by atoms with Gasteiger partial charge in [0.25, 0.3) is 0 Å². The van der Waals surface area contributed by atoms with Gasteiger partial charge in [0.2, 0.25) is 0 Å². The molecular formula is C19H27ClN4O2. The molecule has 3 heterocycles. The summed E-state index contributed by atoms with van der Waals surface area (Å²) in [6, 6.07) is 8.47. The Balaban J connectivity index is 0.00000196. The Hall–Kier alpha value is -1.79. The number of hydrogen-bond donors (Lipinski definition) is 1. The first kappa shape index (κ1) is 19.0. The molecule has 142 valence electrons. The van der Waals surface area contributed by atoms with Crippen molar-refractivity contribution >= 4 is 29.5 Å². The van der Waals surface area contributed by atoms with Crippen molar-refractivity contribution in [3.05, 3.63) is 34.7 Å². The highest BCUT2D eigenvalue weighted by molar-refractivity contribution is 5.89. The summed E-state index contributed by atoms with van der Waals surface area (Å²) in [5, 5.41) is 3.13. The van der Waals surface area contributed by atoms with Gasteiger partial charge in [0.1, 0.15) is 0 Å². The van der Waals surface area contributed by atoms with Crippen LogP contribution in [0, 0.1) is 0 Å². The van der Waals surface area contributed by atoms with Crippen LogP contribution in [0.4, 0.5) is 4.79 Å². The van der Waals surface area contributed by atoms with Gasteiger partial charge in [0, 0.05) is 24.2 Å². The van der Waals surface area contributed by atoms with Crippen molar-refractivity contribution in [2.45, 2.75) is 63.7 Å². The van der Waals surface area contributed by atoms with E-state index >= 15 is 0 Å². The van der Waals surface area contributed by atoms with Crippen LogP contribution in [0.3, 0.4) is 0 Å². The summed E-state index contributed by atoms with van der Waals surface area (Å²) in [6.45, 7) is 3.93. The number of imidazole rings is 1. The molecule has 2 aliphatic heterocycles. The van der Waals surface area contributed by atoms with Crippen molar-refractivity contribution in [1.82, 2.24) is 19.4 Å². The molecule has 0 saturated carbocycles. The van der Waals surface area contributed by atoms with E-state index in [0.717, 1.165) is 18.4 Å². The molecule has 1 N–H and O–H groups in total. The summed E-state index contributed by atoms with van der Waals surface area (Å²) in [7, 11) is 2.18. The molecule has 1 aromatic heterocycles. The van der Waals surface area contributed by atoms with Crippen molar-refractivity contribution in [3.8, 4) is 0 Å². The summed E-state index contributed by atoms with van der Waals surface area (Å²) in [4.78, 5) is 28.2. The average Bonchev–Trinajstić information content (AvgIpc) is 2.95. The van der Waals surface area contributed by atoms with E-state index in [9.17, 15) is 9.59 Å². The largest absolute Gasteiger partial charge is 0.337 e. The maximum atomic E-state index is 12.9. The van der Waals surface area contributed by atoms with Crippen LogP contribution in [0.25, 0.3) is 11.0 Å². The highest BCUT2D eigenvalue weighted by Gasteiger charge is 2.39. The van der Waals surface area contributed by atoms with Crippen LogP contribution < -0.4 is 11.0 Å². The highest BCUT2D eigenvalue weighted by Crippen LogP contribution is 2.34. The number of halogens is 1. The van der Waals surface area contributed by atoms with E-state index in [1.807, 2.05) is 38.1 Å². The Morgan fingerprint density at radius 3 is 2.27 bits per heavy atom. The molecule has 4 rings (SSSR count). The van der Waals surface area contributed by atoms with Crippen LogP contribution >= 0.6 is 12.4 Å². The Labute approximate surface area is 159 Å². The zero-order valence-corrected chi connectivity index (χ0v) is 16.3. The van der Waals surface area contributed by atoms with Crippen LogP contribution in [0.15, 0.2) is 29.1 Å². The summed E-state index contributed by atoms with van der Waals surface area (Å²) < 4.78 is 2.99. The van der Waals surface area contributed by atoms with E-state index in [4.69, 9.17) is 0 Å². The average molecular weight is 379 g/mol. The molecule has 2 aromatic rings. The second-order valence-corrected chi connectivity index (χ2v) is 7.74. The maximum absolute atomic E-state index is 12.9. The van der Waals surface area contributed by atoms with Crippen LogP contribution in [-0.2, 0) is 0 Å².